The smallest absolute Gasteiger partial charge is 0.337 e. The van der Waals surface area contributed by atoms with Gasteiger partial charge in [0.25, 0.3) is 0 Å². The molecule has 0 unspecified atom stereocenters. The van der Waals surface area contributed by atoms with Gasteiger partial charge in [0.2, 0.25) is 5.91 Å². The molecule has 21 heavy (non-hydrogen) atoms. The molecule has 1 fully saturated rings. The highest BCUT2D eigenvalue weighted by Crippen LogP contribution is 2.27. The Morgan fingerprint density at radius 2 is 2.05 bits per heavy atom. The molecule has 6 heteroatoms. The first-order chi connectivity index (χ1) is 10.1. The quantitative estimate of drug-likeness (QED) is 0.759. The lowest BCUT2D eigenvalue weighted by Crippen LogP contribution is -2.28. The number of aromatic carboxylic acids is 1. The number of para-hydroxylation sites is 1. The van der Waals surface area contributed by atoms with Crippen LogP contribution in [0.2, 0.25) is 0 Å². The molecule has 2 rings (SSSR count). The number of rotatable bonds is 5. The summed E-state index contributed by atoms with van der Waals surface area (Å²) in [6, 6.07) is 4.84. The Kier molecular flexibility index (Phi) is 5.76. The van der Waals surface area contributed by atoms with Crippen LogP contribution in [-0.2, 0) is 4.79 Å². The van der Waals surface area contributed by atoms with Crippen molar-refractivity contribution >= 4 is 33.5 Å². The first-order valence-electron chi connectivity index (χ1n) is 7.10. The highest BCUT2D eigenvalue weighted by molar-refractivity contribution is 9.10. The Morgan fingerprint density at radius 3 is 2.71 bits per heavy atom. The van der Waals surface area contributed by atoms with E-state index in [0.717, 1.165) is 32.4 Å². The molecule has 0 saturated carbocycles. The lowest BCUT2D eigenvalue weighted by Gasteiger charge is -2.22. The number of carbonyl (C=O) groups excluding carboxylic acids is 1. The van der Waals surface area contributed by atoms with Crippen LogP contribution in [0.25, 0.3) is 0 Å². The lowest BCUT2D eigenvalue weighted by atomic mass is 9.93. The van der Waals surface area contributed by atoms with E-state index in [-0.39, 0.29) is 11.5 Å². The maximum Gasteiger partial charge on any atom is 0.337 e. The van der Waals surface area contributed by atoms with Crippen molar-refractivity contribution in [3.8, 4) is 0 Å². The maximum atomic E-state index is 12.0. The van der Waals surface area contributed by atoms with Crippen LogP contribution in [0.15, 0.2) is 22.7 Å². The molecule has 1 heterocycles. The van der Waals surface area contributed by atoms with Gasteiger partial charge in [-0.2, -0.15) is 0 Å². The molecule has 1 aromatic carbocycles. The maximum absolute atomic E-state index is 12.0. The van der Waals surface area contributed by atoms with Crippen molar-refractivity contribution in [2.24, 2.45) is 5.92 Å². The van der Waals surface area contributed by atoms with Crippen molar-refractivity contribution in [2.75, 3.05) is 18.4 Å². The zero-order chi connectivity index (χ0) is 15.2. The van der Waals surface area contributed by atoms with Crippen LogP contribution in [0.5, 0.6) is 0 Å². The Morgan fingerprint density at radius 1 is 1.33 bits per heavy atom. The number of carboxylic acid groups (broad SMARTS) is 1. The minimum absolute atomic E-state index is 0.0968. The molecule has 5 nitrogen and oxygen atoms in total. The summed E-state index contributed by atoms with van der Waals surface area (Å²) >= 11 is 3.29. The number of carbonyl (C=O) groups is 2. The van der Waals surface area contributed by atoms with Gasteiger partial charge in [-0.25, -0.2) is 4.79 Å². The van der Waals surface area contributed by atoms with Gasteiger partial charge < -0.3 is 15.7 Å². The summed E-state index contributed by atoms with van der Waals surface area (Å²) in [5, 5.41) is 15.2. The number of anilines is 1. The highest BCUT2D eigenvalue weighted by Gasteiger charge is 2.17. The van der Waals surface area contributed by atoms with E-state index in [1.807, 2.05) is 0 Å². The third-order valence-electron chi connectivity index (χ3n) is 3.75. The fraction of sp³-hybridized carbons (Fsp3) is 0.467. The van der Waals surface area contributed by atoms with Gasteiger partial charge in [-0.3, -0.25) is 4.79 Å². The Balaban J connectivity index is 1.94. The SMILES string of the molecule is O=C(CCC1CCNCC1)Nc1c(Br)cccc1C(=O)O. The fourth-order valence-corrected chi connectivity index (χ4v) is 3.00. The highest BCUT2D eigenvalue weighted by atomic mass is 79.9. The van der Waals surface area contributed by atoms with E-state index >= 15 is 0 Å². The number of piperidine rings is 1. The summed E-state index contributed by atoms with van der Waals surface area (Å²) in [6.45, 7) is 2.03. The van der Waals surface area contributed by atoms with Crippen LogP contribution in [-0.4, -0.2) is 30.1 Å². The molecule has 1 amide bonds. The van der Waals surface area contributed by atoms with Gasteiger partial charge in [-0.05, 0) is 66.3 Å². The molecule has 1 aliphatic heterocycles. The zero-order valence-electron chi connectivity index (χ0n) is 11.7. The molecule has 1 aliphatic rings. The molecule has 0 spiro atoms. The summed E-state index contributed by atoms with van der Waals surface area (Å²) < 4.78 is 0.581. The van der Waals surface area contributed by atoms with Gasteiger partial charge in [-0.15, -0.1) is 0 Å². The van der Waals surface area contributed by atoms with Crippen LogP contribution < -0.4 is 10.6 Å². The molecule has 114 valence electrons. The number of hydrogen-bond acceptors (Lipinski definition) is 3. The van der Waals surface area contributed by atoms with Crippen LogP contribution in [0.3, 0.4) is 0 Å². The van der Waals surface area contributed by atoms with Gasteiger partial charge in [0.15, 0.2) is 0 Å². The second-order valence-corrected chi connectivity index (χ2v) is 6.10. The minimum Gasteiger partial charge on any atom is -0.478 e. The van der Waals surface area contributed by atoms with Crippen LogP contribution in [0.1, 0.15) is 36.0 Å². The number of carboxylic acids is 1. The van der Waals surface area contributed by atoms with E-state index < -0.39 is 5.97 Å². The second-order valence-electron chi connectivity index (χ2n) is 5.25. The third kappa shape index (κ3) is 4.54. The Hall–Kier alpha value is -1.40. The third-order valence-corrected chi connectivity index (χ3v) is 4.41. The fourth-order valence-electron chi connectivity index (χ4n) is 2.54. The van der Waals surface area contributed by atoms with E-state index in [2.05, 4.69) is 26.6 Å². The summed E-state index contributed by atoms with van der Waals surface area (Å²) in [6.07, 6.45) is 3.47. The molecule has 0 radical (unpaired) electrons. The number of nitrogens with one attached hydrogen (secondary N) is 2. The Bertz CT molecular complexity index is 528. The molecule has 1 saturated heterocycles. The summed E-state index contributed by atoms with van der Waals surface area (Å²) in [5.74, 6) is -0.608. The summed E-state index contributed by atoms with van der Waals surface area (Å²) in [5.41, 5.74) is 0.430. The van der Waals surface area contributed by atoms with Crippen molar-refractivity contribution in [2.45, 2.75) is 25.7 Å². The van der Waals surface area contributed by atoms with E-state index in [4.69, 9.17) is 5.11 Å². The summed E-state index contributed by atoms with van der Waals surface area (Å²) in [4.78, 5) is 23.2. The number of benzene rings is 1. The number of halogens is 1. The van der Waals surface area contributed by atoms with Crippen LogP contribution >= 0.6 is 15.9 Å². The molecule has 1 aromatic rings. The standard InChI is InChI=1S/C15H19BrN2O3/c16-12-3-1-2-11(15(20)21)14(12)18-13(19)5-4-10-6-8-17-9-7-10/h1-3,10,17H,4-9H2,(H,18,19)(H,20,21). The predicted molar refractivity (Wildman–Crippen MR) is 84.6 cm³/mol. The zero-order valence-corrected chi connectivity index (χ0v) is 13.3. The van der Waals surface area contributed by atoms with Gasteiger partial charge in [0.05, 0.1) is 11.3 Å². The van der Waals surface area contributed by atoms with E-state index in [9.17, 15) is 9.59 Å². The molecule has 0 aliphatic carbocycles. The van der Waals surface area contributed by atoms with Gasteiger partial charge in [-0.1, -0.05) is 6.07 Å². The van der Waals surface area contributed by atoms with Crippen LogP contribution in [0, 0.1) is 5.92 Å². The molecular formula is C15H19BrN2O3. The number of amides is 1. The molecule has 0 bridgehead atoms. The second kappa shape index (κ2) is 7.56. The lowest BCUT2D eigenvalue weighted by molar-refractivity contribution is -0.116. The van der Waals surface area contributed by atoms with Crippen LogP contribution in [0.4, 0.5) is 5.69 Å². The van der Waals surface area contributed by atoms with E-state index in [1.54, 1.807) is 12.1 Å². The van der Waals surface area contributed by atoms with Crippen molar-refractivity contribution < 1.29 is 14.7 Å². The van der Waals surface area contributed by atoms with Crippen molar-refractivity contribution in [3.05, 3.63) is 28.2 Å². The van der Waals surface area contributed by atoms with Gasteiger partial charge in [0, 0.05) is 10.9 Å². The topological polar surface area (TPSA) is 78.4 Å². The van der Waals surface area contributed by atoms with Gasteiger partial charge in [0.1, 0.15) is 0 Å². The summed E-state index contributed by atoms with van der Waals surface area (Å²) in [7, 11) is 0. The largest absolute Gasteiger partial charge is 0.478 e. The average molecular weight is 355 g/mol. The molecule has 3 N–H and O–H groups in total. The average Bonchev–Trinajstić information content (AvgIpc) is 2.48. The van der Waals surface area contributed by atoms with Crippen molar-refractivity contribution in [1.82, 2.24) is 5.32 Å². The van der Waals surface area contributed by atoms with Crippen molar-refractivity contribution in [3.63, 3.8) is 0 Å². The van der Waals surface area contributed by atoms with Gasteiger partial charge >= 0.3 is 5.97 Å². The Labute approximate surface area is 132 Å². The predicted octanol–water partition coefficient (Wildman–Crippen LogP) is 2.87. The number of hydrogen-bond donors (Lipinski definition) is 3. The normalized spacial score (nSPS) is 15.7. The van der Waals surface area contributed by atoms with E-state index in [0.29, 0.717) is 22.5 Å². The van der Waals surface area contributed by atoms with E-state index in [1.165, 1.54) is 6.07 Å². The molecule has 0 atom stereocenters. The monoisotopic (exact) mass is 354 g/mol. The molecular weight excluding hydrogens is 336 g/mol. The van der Waals surface area contributed by atoms with Crippen molar-refractivity contribution in [1.29, 1.82) is 0 Å². The molecule has 0 aromatic heterocycles. The minimum atomic E-state index is -1.05. The first kappa shape index (κ1) is 16.0. The first-order valence-corrected chi connectivity index (χ1v) is 7.89.